The quantitative estimate of drug-likeness (QED) is 0.929. The average Bonchev–Trinajstić information content (AvgIpc) is 2.47. The zero-order chi connectivity index (χ0) is 15.4. The van der Waals surface area contributed by atoms with Gasteiger partial charge in [0.05, 0.1) is 16.7 Å². The summed E-state index contributed by atoms with van der Waals surface area (Å²) in [4.78, 5) is 0. The fourth-order valence-electron chi connectivity index (χ4n) is 1.80. The maximum atomic E-state index is 13.2. The van der Waals surface area contributed by atoms with Gasteiger partial charge in [-0.25, -0.2) is 4.39 Å². The summed E-state index contributed by atoms with van der Waals surface area (Å²) >= 11 is 6.08. The van der Waals surface area contributed by atoms with Crippen LogP contribution in [0.1, 0.15) is 29.7 Å². The van der Waals surface area contributed by atoms with Gasteiger partial charge in [0.15, 0.2) is 0 Å². The SMILES string of the molecule is C[C@@H](O)c1ccc(OCc2ccc(F)c(C#N)c2)c(Cl)c1. The van der Waals surface area contributed by atoms with Gasteiger partial charge in [0, 0.05) is 0 Å². The first kappa shape index (κ1) is 15.3. The Balaban J connectivity index is 2.12. The Morgan fingerprint density at radius 3 is 2.71 bits per heavy atom. The molecular weight excluding hydrogens is 293 g/mol. The molecule has 2 aromatic carbocycles. The van der Waals surface area contributed by atoms with Crippen molar-refractivity contribution in [2.75, 3.05) is 0 Å². The minimum atomic E-state index is -0.605. The topological polar surface area (TPSA) is 53.2 Å². The van der Waals surface area contributed by atoms with E-state index in [-0.39, 0.29) is 12.2 Å². The van der Waals surface area contributed by atoms with Gasteiger partial charge in [0.1, 0.15) is 24.2 Å². The molecule has 0 saturated carbocycles. The van der Waals surface area contributed by atoms with Gasteiger partial charge in [0.25, 0.3) is 0 Å². The lowest BCUT2D eigenvalue weighted by Gasteiger charge is -2.11. The molecule has 0 heterocycles. The average molecular weight is 306 g/mol. The van der Waals surface area contributed by atoms with Crippen molar-refractivity contribution in [3.63, 3.8) is 0 Å². The fourth-order valence-corrected chi connectivity index (χ4v) is 2.05. The van der Waals surface area contributed by atoms with Crippen molar-refractivity contribution in [3.8, 4) is 11.8 Å². The van der Waals surface area contributed by atoms with E-state index < -0.39 is 11.9 Å². The smallest absolute Gasteiger partial charge is 0.140 e. The Morgan fingerprint density at radius 1 is 1.33 bits per heavy atom. The summed E-state index contributed by atoms with van der Waals surface area (Å²) in [6.07, 6.45) is -0.605. The summed E-state index contributed by atoms with van der Waals surface area (Å²) in [5, 5.41) is 18.6. The zero-order valence-corrected chi connectivity index (χ0v) is 12.1. The Morgan fingerprint density at radius 2 is 2.10 bits per heavy atom. The molecule has 0 aliphatic heterocycles. The highest BCUT2D eigenvalue weighted by Gasteiger charge is 2.08. The molecule has 0 unspecified atom stereocenters. The largest absolute Gasteiger partial charge is 0.487 e. The molecule has 5 heteroatoms. The van der Waals surface area contributed by atoms with Gasteiger partial charge in [-0.3, -0.25) is 0 Å². The molecule has 1 atom stereocenters. The third-order valence-corrected chi connectivity index (χ3v) is 3.28. The van der Waals surface area contributed by atoms with Crippen molar-refractivity contribution >= 4 is 11.6 Å². The summed E-state index contributed by atoms with van der Waals surface area (Å²) in [7, 11) is 0. The van der Waals surface area contributed by atoms with Crippen LogP contribution in [0.25, 0.3) is 0 Å². The van der Waals surface area contributed by atoms with Crippen LogP contribution in [0.3, 0.4) is 0 Å². The van der Waals surface area contributed by atoms with Crippen LogP contribution < -0.4 is 4.74 Å². The number of hydrogen-bond donors (Lipinski definition) is 1. The first-order chi connectivity index (χ1) is 10.0. The minimum Gasteiger partial charge on any atom is -0.487 e. The van der Waals surface area contributed by atoms with Gasteiger partial charge in [-0.15, -0.1) is 0 Å². The number of rotatable bonds is 4. The van der Waals surface area contributed by atoms with Gasteiger partial charge >= 0.3 is 0 Å². The standard InChI is InChI=1S/C16H13ClFNO2/c1-10(20)12-3-5-16(14(17)7-12)21-9-11-2-4-15(18)13(6-11)8-19/h2-7,10,20H,9H2,1H3/t10-/m1/s1. The van der Waals surface area contributed by atoms with Gasteiger partial charge in [-0.1, -0.05) is 23.7 Å². The van der Waals surface area contributed by atoms with E-state index in [0.717, 1.165) is 0 Å². The summed E-state index contributed by atoms with van der Waals surface area (Å²) < 4.78 is 18.8. The molecule has 21 heavy (non-hydrogen) atoms. The Kier molecular flexibility index (Phi) is 4.79. The van der Waals surface area contributed by atoms with Crippen molar-refractivity contribution in [2.45, 2.75) is 19.6 Å². The summed E-state index contributed by atoms with van der Waals surface area (Å²) in [6.45, 7) is 1.82. The molecule has 0 aliphatic rings. The van der Waals surface area contributed by atoms with Gasteiger partial charge in [-0.2, -0.15) is 5.26 Å². The van der Waals surface area contributed by atoms with E-state index in [1.165, 1.54) is 12.1 Å². The predicted octanol–water partition coefficient (Wildman–Crippen LogP) is 3.98. The van der Waals surface area contributed by atoms with E-state index in [0.29, 0.717) is 21.9 Å². The molecular formula is C16H13ClFNO2. The van der Waals surface area contributed by atoms with E-state index in [9.17, 15) is 9.50 Å². The lowest BCUT2D eigenvalue weighted by molar-refractivity contribution is 0.199. The van der Waals surface area contributed by atoms with Crippen LogP contribution in [0.5, 0.6) is 5.75 Å². The van der Waals surface area contributed by atoms with Crippen LogP contribution in [-0.2, 0) is 6.61 Å². The molecule has 0 amide bonds. The van der Waals surface area contributed by atoms with Crippen molar-refractivity contribution in [1.82, 2.24) is 0 Å². The molecule has 0 fully saturated rings. The van der Waals surface area contributed by atoms with Crippen molar-refractivity contribution < 1.29 is 14.2 Å². The maximum absolute atomic E-state index is 13.2. The molecule has 0 saturated heterocycles. The molecule has 0 spiro atoms. The second-order valence-corrected chi connectivity index (χ2v) is 4.99. The summed E-state index contributed by atoms with van der Waals surface area (Å²) in [5.41, 5.74) is 1.34. The molecule has 0 radical (unpaired) electrons. The molecule has 0 bridgehead atoms. The Bertz CT molecular complexity index is 695. The van der Waals surface area contributed by atoms with Gasteiger partial charge < -0.3 is 9.84 Å². The lowest BCUT2D eigenvalue weighted by atomic mass is 10.1. The summed E-state index contributed by atoms with van der Waals surface area (Å²) in [5.74, 6) is -0.0931. The zero-order valence-electron chi connectivity index (χ0n) is 11.3. The van der Waals surface area contributed by atoms with Gasteiger partial charge in [0.2, 0.25) is 0 Å². The highest BCUT2D eigenvalue weighted by Crippen LogP contribution is 2.28. The van der Waals surface area contributed by atoms with Crippen LogP contribution in [0.2, 0.25) is 5.02 Å². The van der Waals surface area contributed by atoms with E-state index in [4.69, 9.17) is 21.6 Å². The number of ether oxygens (including phenoxy) is 1. The van der Waals surface area contributed by atoms with Crippen molar-refractivity contribution in [2.24, 2.45) is 0 Å². The molecule has 1 N–H and O–H groups in total. The van der Waals surface area contributed by atoms with Crippen LogP contribution in [0.15, 0.2) is 36.4 Å². The van der Waals surface area contributed by atoms with Crippen molar-refractivity contribution in [1.29, 1.82) is 5.26 Å². The molecule has 0 aliphatic carbocycles. The van der Waals surface area contributed by atoms with E-state index >= 15 is 0 Å². The molecule has 0 aromatic heterocycles. The number of halogens is 2. The lowest BCUT2D eigenvalue weighted by Crippen LogP contribution is -1.98. The maximum Gasteiger partial charge on any atom is 0.140 e. The second kappa shape index (κ2) is 6.57. The first-order valence-electron chi connectivity index (χ1n) is 6.30. The van der Waals surface area contributed by atoms with E-state index in [1.54, 1.807) is 37.3 Å². The minimum absolute atomic E-state index is 0.0216. The number of aliphatic hydroxyl groups excluding tert-OH is 1. The highest BCUT2D eigenvalue weighted by molar-refractivity contribution is 6.32. The summed E-state index contributed by atoms with van der Waals surface area (Å²) in [6, 6.07) is 11.0. The van der Waals surface area contributed by atoms with Crippen LogP contribution in [0, 0.1) is 17.1 Å². The second-order valence-electron chi connectivity index (χ2n) is 4.58. The molecule has 2 rings (SSSR count). The van der Waals surface area contributed by atoms with Crippen LogP contribution in [0.4, 0.5) is 4.39 Å². The van der Waals surface area contributed by atoms with E-state index in [1.807, 2.05) is 0 Å². The normalized spacial score (nSPS) is 11.8. The van der Waals surface area contributed by atoms with Crippen LogP contribution >= 0.6 is 11.6 Å². The van der Waals surface area contributed by atoms with Crippen molar-refractivity contribution in [3.05, 3.63) is 63.9 Å². The number of benzene rings is 2. The van der Waals surface area contributed by atoms with Crippen LogP contribution in [-0.4, -0.2) is 5.11 Å². The Hall–Kier alpha value is -2.09. The molecule has 108 valence electrons. The number of nitrogens with zero attached hydrogens (tertiary/aromatic N) is 1. The van der Waals surface area contributed by atoms with E-state index in [2.05, 4.69) is 0 Å². The number of hydrogen-bond acceptors (Lipinski definition) is 3. The van der Waals surface area contributed by atoms with Gasteiger partial charge in [-0.05, 0) is 42.3 Å². The highest BCUT2D eigenvalue weighted by atomic mass is 35.5. The third-order valence-electron chi connectivity index (χ3n) is 2.98. The fraction of sp³-hybridized carbons (Fsp3) is 0.188. The molecule has 2 aromatic rings. The molecule has 3 nitrogen and oxygen atoms in total. The first-order valence-corrected chi connectivity index (χ1v) is 6.68. The predicted molar refractivity (Wildman–Crippen MR) is 77.5 cm³/mol. The Labute approximate surface area is 127 Å². The third kappa shape index (κ3) is 3.72. The number of nitriles is 1. The monoisotopic (exact) mass is 305 g/mol. The number of aliphatic hydroxyl groups is 1.